The van der Waals surface area contributed by atoms with Gasteiger partial charge in [-0.15, -0.1) is 6.58 Å². The zero-order valence-corrected chi connectivity index (χ0v) is 14.7. The molecule has 4 nitrogen and oxygen atoms in total. The third-order valence-electron chi connectivity index (χ3n) is 4.09. The lowest BCUT2D eigenvalue weighted by atomic mass is 10.1. The molecule has 0 aromatic carbocycles. The normalized spacial score (nSPS) is 28.1. The SMILES string of the molecule is C=C[C@@H]1OC(C)(C)O[C@@H]1[C@H](C=O)O[Si](C)(C)C(C)(C)C. The second kappa shape index (κ2) is 5.71. The fourth-order valence-electron chi connectivity index (χ4n) is 1.94. The van der Waals surface area contributed by atoms with Crippen LogP contribution in [0.1, 0.15) is 34.6 Å². The molecule has 0 saturated carbocycles. The quantitative estimate of drug-likeness (QED) is 0.444. The van der Waals surface area contributed by atoms with Crippen molar-refractivity contribution in [2.24, 2.45) is 0 Å². The van der Waals surface area contributed by atoms with E-state index >= 15 is 0 Å². The van der Waals surface area contributed by atoms with Crippen LogP contribution in [0.15, 0.2) is 12.7 Å². The molecule has 1 aliphatic heterocycles. The molecule has 1 rings (SSSR count). The highest BCUT2D eigenvalue weighted by Gasteiger charge is 2.47. The van der Waals surface area contributed by atoms with Gasteiger partial charge in [-0.1, -0.05) is 26.8 Å². The molecule has 1 heterocycles. The summed E-state index contributed by atoms with van der Waals surface area (Å²) in [5.74, 6) is -0.721. The van der Waals surface area contributed by atoms with Gasteiger partial charge in [0.15, 0.2) is 14.1 Å². The highest BCUT2D eigenvalue weighted by atomic mass is 28.4. The van der Waals surface area contributed by atoms with Crippen molar-refractivity contribution in [3.05, 3.63) is 12.7 Å². The van der Waals surface area contributed by atoms with E-state index in [1.165, 1.54) is 0 Å². The summed E-state index contributed by atoms with van der Waals surface area (Å²) in [6.07, 6.45) is 1.11. The van der Waals surface area contributed by atoms with Crippen LogP contribution in [0.4, 0.5) is 0 Å². The number of carbonyl (C=O) groups is 1. The lowest BCUT2D eigenvalue weighted by Gasteiger charge is -2.39. The molecular weight excluding hydrogens is 272 g/mol. The summed E-state index contributed by atoms with van der Waals surface area (Å²) in [5, 5.41) is 0.0346. The topological polar surface area (TPSA) is 44.8 Å². The van der Waals surface area contributed by atoms with Crippen LogP contribution in [-0.4, -0.2) is 38.7 Å². The lowest BCUT2D eigenvalue weighted by Crippen LogP contribution is -2.49. The van der Waals surface area contributed by atoms with Crippen LogP contribution in [0.2, 0.25) is 18.1 Å². The van der Waals surface area contributed by atoms with E-state index in [2.05, 4.69) is 40.4 Å². The predicted molar refractivity (Wildman–Crippen MR) is 82.2 cm³/mol. The Hall–Kier alpha value is -0.493. The van der Waals surface area contributed by atoms with Crippen LogP contribution < -0.4 is 0 Å². The number of rotatable bonds is 5. The molecule has 3 atom stereocenters. The van der Waals surface area contributed by atoms with Crippen molar-refractivity contribution in [2.75, 3.05) is 0 Å². The molecule has 5 heteroatoms. The minimum Gasteiger partial charge on any atom is -0.404 e. The summed E-state index contributed by atoms with van der Waals surface area (Å²) in [6.45, 7) is 18.1. The van der Waals surface area contributed by atoms with E-state index in [1.54, 1.807) is 6.08 Å². The zero-order chi connectivity index (χ0) is 15.8. The van der Waals surface area contributed by atoms with Gasteiger partial charge < -0.3 is 18.7 Å². The van der Waals surface area contributed by atoms with E-state index in [9.17, 15) is 4.79 Å². The van der Waals surface area contributed by atoms with Gasteiger partial charge in [-0.25, -0.2) is 0 Å². The van der Waals surface area contributed by atoms with Crippen LogP contribution in [-0.2, 0) is 18.7 Å². The Morgan fingerprint density at radius 3 is 2.25 bits per heavy atom. The third-order valence-corrected chi connectivity index (χ3v) is 8.56. The monoisotopic (exact) mass is 300 g/mol. The molecule has 1 saturated heterocycles. The summed E-state index contributed by atoms with van der Waals surface area (Å²) in [7, 11) is -2.05. The van der Waals surface area contributed by atoms with Crippen LogP contribution in [0.25, 0.3) is 0 Å². The summed E-state index contributed by atoms with van der Waals surface area (Å²) >= 11 is 0. The average Bonchev–Trinajstić information content (AvgIpc) is 2.60. The fourth-order valence-corrected chi connectivity index (χ4v) is 3.17. The Balaban J connectivity index is 2.92. The molecule has 0 aliphatic carbocycles. The standard InChI is InChI=1S/C15H28O4Si/c1-9-11-13(18-15(5,6)17-11)12(10-16)19-20(7,8)14(2,3)4/h9-13H,1H2,2-8H3/t11-,12-,13-/m0/s1. The molecular formula is C15H28O4Si. The van der Waals surface area contributed by atoms with Crippen molar-refractivity contribution >= 4 is 14.6 Å². The first-order chi connectivity index (χ1) is 8.93. The van der Waals surface area contributed by atoms with Crippen LogP contribution in [0.3, 0.4) is 0 Å². The van der Waals surface area contributed by atoms with E-state index in [0.29, 0.717) is 0 Å². The number of hydrogen-bond acceptors (Lipinski definition) is 4. The van der Waals surface area contributed by atoms with Crippen molar-refractivity contribution in [2.45, 2.75) is 76.8 Å². The average molecular weight is 300 g/mol. The van der Waals surface area contributed by atoms with Crippen molar-refractivity contribution in [1.29, 1.82) is 0 Å². The molecule has 116 valence electrons. The van der Waals surface area contributed by atoms with E-state index in [-0.39, 0.29) is 11.1 Å². The first-order valence-corrected chi connectivity index (χ1v) is 9.96. The molecule has 0 N–H and O–H groups in total. The number of carbonyl (C=O) groups excluding carboxylic acids is 1. The molecule has 0 amide bonds. The second-order valence-electron chi connectivity index (χ2n) is 7.28. The first kappa shape index (κ1) is 17.6. The summed E-state index contributed by atoms with van der Waals surface area (Å²) < 4.78 is 17.7. The second-order valence-corrected chi connectivity index (χ2v) is 12.0. The van der Waals surface area contributed by atoms with Crippen molar-refractivity contribution in [1.82, 2.24) is 0 Å². The van der Waals surface area contributed by atoms with E-state index in [1.807, 2.05) is 13.8 Å². The van der Waals surface area contributed by atoms with Crippen molar-refractivity contribution in [3.63, 3.8) is 0 Å². The minimum atomic E-state index is -2.05. The molecule has 1 fully saturated rings. The van der Waals surface area contributed by atoms with Gasteiger partial charge in [0.25, 0.3) is 0 Å². The minimum absolute atomic E-state index is 0.0346. The summed E-state index contributed by atoms with van der Waals surface area (Å²) in [5.41, 5.74) is 0. The Labute approximate surface area is 123 Å². The highest BCUT2D eigenvalue weighted by molar-refractivity contribution is 6.74. The summed E-state index contributed by atoms with van der Waals surface area (Å²) in [6, 6.07) is 0. The fraction of sp³-hybridized carbons (Fsp3) is 0.800. The molecule has 0 aromatic rings. The third kappa shape index (κ3) is 3.78. The number of aldehydes is 1. The van der Waals surface area contributed by atoms with E-state index in [0.717, 1.165) is 6.29 Å². The Morgan fingerprint density at radius 1 is 1.30 bits per heavy atom. The molecule has 0 unspecified atom stereocenters. The molecule has 0 spiro atoms. The van der Waals surface area contributed by atoms with Gasteiger partial charge in [-0.2, -0.15) is 0 Å². The maximum Gasteiger partial charge on any atom is 0.193 e. The molecule has 1 aliphatic rings. The largest absolute Gasteiger partial charge is 0.404 e. The maximum atomic E-state index is 11.5. The first-order valence-electron chi connectivity index (χ1n) is 7.05. The van der Waals surface area contributed by atoms with Crippen LogP contribution in [0, 0.1) is 0 Å². The van der Waals surface area contributed by atoms with E-state index in [4.69, 9.17) is 13.9 Å². The highest BCUT2D eigenvalue weighted by Crippen LogP contribution is 2.39. The van der Waals surface area contributed by atoms with Crippen molar-refractivity contribution in [3.8, 4) is 0 Å². The van der Waals surface area contributed by atoms with Gasteiger partial charge in [0.1, 0.15) is 24.6 Å². The van der Waals surface area contributed by atoms with Gasteiger partial charge in [0, 0.05) is 0 Å². The zero-order valence-electron chi connectivity index (χ0n) is 13.7. The Morgan fingerprint density at radius 2 is 1.85 bits per heavy atom. The summed E-state index contributed by atoms with van der Waals surface area (Å²) in [4.78, 5) is 11.5. The molecule has 20 heavy (non-hydrogen) atoms. The van der Waals surface area contributed by atoms with E-state index < -0.39 is 26.3 Å². The van der Waals surface area contributed by atoms with Gasteiger partial charge in [0.2, 0.25) is 0 Å². The van der Waals surface area contributed by atoms with Gasteiger partial charge >= 0.3 is 0 Å². The van der Waals surface area contributed by atoms with Crippen molar-refractivity contribution < 1.29 is 18.7 Å². The number of hydrogen-bond donors (Lipinski definition) is 0. The lowest BCUT2D eigenvalue weighted by molar-refractivity contribution is -0.154. The molecule has 0 radical (unpaired) electrons. The maximum absolute atomic E-state index is 11.5. The molecule has 0 aromatic heterocycles. The predicted octanol–water partition coefficient (Wildman–Crippen LogP) is 3.28. The number of ether oxygens (including phenoxy) is 2. The van der Waals surface area contributed by atoms with Gasteiger partial charge in [-0.3, -0.25) is 0 Å². The van der Waals surface area contributed by atoms with Crippen LogP contribution >= 0.6 is 0 Å². The van der Waals surface area contributed by atoms with Gasteiger partial charge in [-0.05, 0) is 32.0 Å². The van der Waals surface area contributed by atoms with Crippen LogP contribution in [0.5, 0.6) is 0 Å². The Kier molecular flexibility index (Phi) is 5.02. The smallest absolute Gasteiger partial charge is 0.193 e. The molecule has 0 bridgehead atoms. The Bertz CT molecular complexity index is 371. The van der Waals surface area contributed by atoms with Gasteiger partial charge in [0.05, 0.1) is 0 Å².